The number of benzene rings is 1. The molecule has 0 saturated carbocycles. The molecule has 0 radical (unpaired) electrons. The molecule has 0 aliphatic carbocycles. The van der Waals surface area contributed by atoms with Crippen LogP contribution >= 0.6 is 0 Å². The maximum absolute atomic E-state index is 11.3. The van der Waals surface area contributed by atoms with Crippen LogP contribution in [0, 0.1) is 5.41 Å². The van der Waals surface area contributed by atoms with E-state index in [0.717, 1.165) is 37.6 Å². The minimum Gasteiger partial charge on any atom is -0.380 e. The first-order valence-corrected chi connectivity index (χ1v) is 6.61. The second-order valence-electron chi connectivity index (χ2n) is 5.52. The Balaban J connectivity index is 1.56. The van der Waals surface area contributed by atoms with Gasteiger partial charge in [0, 0.05) is 30.7 Å². The van der Waals surface area contributed by atoms with Gasteiger partial charge in [-0.3, -0.25) is 4.79 Å². The topological polar surface area (TPSA) is 76.4 Å². The summed E-state index contributed by atoms with van der Waals surface area (Å²) in [6.45, 7) is 3.82. The lowest BCUT2D eigenvalue weighted by Crippen LogP contribution is -2.54. The number of amides is 1. The Labute approximate surface area is 112 Å². The summed E-state index contributed by atoms with van der Waals surface area (Å²) in [4.78, 5) is 11.3. The van der Waals surface area contributed by atoms with E-state index in [0.29, 0.717) is 13.0 Å². The molecular formula is C14H19N3O2. The largest absolute Gasteiger partial charge is 0.380 e. The lowest BCUT2D eigenvalue weighted by atomic mass is 9.86. The predicted octanol–water partition coefficient (Wildman–Crippen LogP) is 0.246. The molecule has 0 bridgehead atoms. The van der Waals surface area contributed by atoms with Gasteiger partial charge in [0.2, 0.25) is 5.91 Å². The van der Waals surface area contributed by atoms with E-state index in [1.54, 1.807) is 0 Å². The average molecular weight is 261 g/mol. The third-order valence-corrected chi connectivity index (χ3v) is 3.87. The number of fused-ring (bicyclic) bond motifs is 1. The van der Waals surface area contributed by atoms with Gasteiger partial charge in [-0.1, -0.05) is 12.1 Å². The molecule has 1 aromatic rings. The smallest absolute Gasteiger partial charge is 0.228 e. The van der Waals surface area contributed by atoms with Crippen molar-refractivity contribution < 1.29 is 9.53 Å². The highest BCUT2D eigenvalue weighted by Gasteiger charge is 2.36. The Morgan fingerprint density at radius 2 is 2.26 bits per heavy atom. The summed E-state index contributed by atoms with van der Waals surface area (Å²) in [5, 5.41) is 6.27. The van der Waals surface area contributed by atoms with Gasteiger partial charge in [-0.15, -0.1) is 0 Å². The predicted molar refractivity (Wildman–Crippen MR) is 72.8 cm³/mol. The van der Waals surface area contributed by atoms with Gasteiger partial charge in [-0.25, -0.2) is 0 Å². The molecule has 5 heteroatoms. The fourth-order valence-corrected chi connectivity index (χ4v) is 2.55. The standard InChI is InChI=1S/C14H19N3O2/c15-6-14(8-19-9-14)7-16-5-10-1-2-12-11(3-10)4-13(18)17-12/h1-3,16H,4-9,15H2,(H,17,18). The van der Waals surface area contributed by atoms with Gasteiger partial charge in [-0.05, 0) is 17.2 Å². The summed E-state index contributed by atoms with van der Waals surface area (Å²) < 4.78 is 5.24. The summed E-state index contributed by atoms with van der Waals surface area (Å²) in [7, 11) is 0. The van der Waals surface area contributed by atoms with E-state index < -0.39 is 0 Å². The van der Waals surface area contributed by atoms with Gasteiger partial charge >= 0.3 is 0 Å². The van der Waals surface area contributed by atoms with Crippen molar-refractivity contribution in [2.45, 2.75) is 13.0 Å². The highest BCUT2D eigenvalue weighted by atomic mass is 16.5. The molecule has 0 aromatic heterocycles. The molecule has 1 fully saturated rings. The van der Waals surface area contributed by atoms with Crippen molar-refractivity contribution in [3.05, 3.63) is 29.3 Å². The van der Waals surface area contributed by atoms with Crippen LogP contribution in [0.15, 0.2) is 18.2 Å². The number of carbonyl (C=O) groups is 1. The lowest BCUT2D eigenvalue weighted by Gasteiger charge is -2.40. The molecule has 4 N–H and O–H groups in total. The van der Waals surface area contributed by atoms with Crippen molar-refractivity contribution in [2.75, 3.05) is 31.6 Å². The number of rotatable bonds is 5. The molecule has 1 amide bonds. The Hall–Kier alpha value is -1.43. The van der Waals surface area contributed by atoms with Crippen molar-refractivity contribution in [2.24, 2.45) is 11.1 Å². The van der Waals surface area contributed by atoms with Gasteiger partial charge in [0.15, 0.2) is 0 Å². The molecular weight excluding hydrogens is 242 g/mol. The van der Waals surface area contributed by atoms with Crippen molar-refractivity contribution >= 4 is 11.6 Å². The van der Waals surface area contributed by atoms with Crippen LogP contribution in [0.2, 0.25) is 0 Å². The zero-order chi connectivity index (χ0) is 13.3. The van der Waals surface area contributed by atoms with Gasteiger partial charge in [0.1, 0.15) is 0 Å². The van der Waals surface area contributed by atoms with Crippen LogP contribution in [0.3, 0.4) is 0 Å². The van der Waals surface area contributed by atoms with Crippen molar-refractivity contribution in [3.63, 3.8) is 0 Å². The monoisotopic (exact) mass is 261 g/mol. The first-order chi connectivity index (χ1) is 9.21. The lowest BCUT2D eigenvalue weighted by molar-refractivity contribution is -0.115. The minimum absolute atomic E-state index is 0.0776. The number of hydrogen-bond donors (Lipinski definition) is 3. The van der Waals surface area contributed by atoms with Crippen LogP contribution < -0.4 is 16.4 Å². The van der Waals surface area contributed by atoms with E-state index >= 15 is 0 Å². The van der Waals surface area contributed by atoms with Crippen molar-refractivity contribution in [1.29, 1.82) is 0 Å². The van der Waals surface area contributed by atoms with Gasteiger partial charge in [0.05, 0.1) is 19.6 Å². The maximum atomic E-state index is 11.3. The summed E-state index contributed by atoms with van der Waals surface area (Å²) in [5.74, 6) is 0.0776. The van der Waals surface area contributed by atoms with Crippen LogP contribution in [0.1, 0.15) is 11.1 Å². The number of hydrogen-bond acceptors (Lipinski definition) is 4. The van der Waals surface area contributed by atoms with Crippen LogP contribution in [0.5, 0.6) is 0 Å². The van der Waals surface area contributed by atoms with Gasteiger partial charge in [0.25, 0.3) is 0 Å². The molecule has 5 nitrogen and oxygen atoms in total. The van der Waals surface area contributed by atoms with E-state index in [1.165, 1.54) is 5.56 Å². The molecule has 3 rings (SSSR count). The molecule has 1 saturated heterocycles. The van der Waals surface area contributed by atoms with Crippen molar-refractivity contribution in [1.82, 2.24) is 5.32 Å². The fourth-order valence-electron chi connectivity index (χ4n) is 2.55. The Morgan fingerprint density at radius 1 is 1.42 bits per heavy atom. The molecule has 2 aliphatic heterocycles. The number of ether oxygens (including phenoxy) is 1. The first-order valence-electron chi connectivity index (χ1n) is 6.61. The number of nitrogens with one attached hydrogen (secondary N) is 2. The minimum atomic E-state index is 0.0776. The maximum Gasteiger partial charge on any atom is 0.228 e. The SMILES string of the molecule is NCC1(CNCc2ccc3c(c2)CC(=O)N3)COC1. The Morgan fingerprint density at radius 3 is 2.95 bits per heavy atom. The summed E-state index contributed by atoms with van der Waals surface area (Å²) in [5.41, 5.74) is 9.12. The molecule has 1 aromatic carbocycles. The highest BCUT2D eigenvalue weighted by Crippen LogP contribution is 2.26. The second kappa shape index (κ2) is 4.92. The van der Waals surface area contributed by atoms with Crippen LogP contribution in [0.4, 0.5) is 5.69 Å². The molecule has 0 spiro atoms. The Bertz CT molecular complexity index is 492. The summed E-state index contributed by atoms with van der Waals surface area (Å²) in [6, 6.07) is 6.11. The quantitative estimate of drug-likeness (QED) is 0.710. The van der Waals surface area contributed by atoms with Crippen LogP contribution in [-0.4, -0.2) is 32.2 Å². The number of carbonyl (C=O) groups excluding carboxylic acids is 1. The molecule has 19 heavy (non-hydrogen) atoms. The third-order valence-electron chi connectivity index (χ3n) is 3.87. The van der Waals surface area contributed by atoms with E-state index in [1.807, 2.05) is 12.1 Å². The van der Waals surface area contributed by atoms with Gasteiger partial charge < -0.3 is 21.1 Å². The van der Waals surface area contributed by atoms with E-state index in [2.05, 4.69) is 16.7 Å². The summed E-state index contributed by atoms with van der Waals surface area (Å²) in [6.07, 6.45) is 0.490. The van der Waals surface area contributed by atoms with E-state index in [4.69, 9.17) is 10.5 Å². The fraction of sp³-hybridized carbons (Fsp3) is 0.500. The van der Waals surface area contributed by atoms with Crippen LogP contribution in [-0.2, 0) is 22.5 Å². The molecule has 102 valence electrons. The third kappa shape index (κ3) is 2.49. The molecule has 0 unspecified atom stereocenters. The number of nitrogens with two attached hydrogens (primary N) is 1. The van der Waals surface area contributed by atoms with Crippen molar-refractivity contribution in [3.8, 4) is 0 Å². The zero-order valence-electron chi connectivity index (χ0n) is 10.9. The molecule has 2 aliphatic rings. The number of anilines is 1. The van der Waals surface area contributed by atoms with E-state index in [9.17, 15) is 4.79 Å². The first kappa shape index (κ1) is 12.6. The highest BCUT2D eigenvalue weighted by molar-refractivity contribution is 5.99. The van der Waals surface area contributed by atoms with Gasteiger partial charge in [-0.2, -0.15) is 0 Å². The van der Waals surface area contributed by atoms with E-state index in [-0.39, 0.29) is 11.3 Å². The normalized spacial score (nSPS) is 19.7. The van der Waals surface area contributed by atoms with Crippen LogP contribution in [0.25, 0.3) is 0 Å². The molecule has 0 atom stereocenters. The second-order valence-corrected chi connectivity index (χ2v) is 5.52. The average Bonchev–Trinajstić information content (AvgIpc) is 2.72. The zero-order valence-corrected chi connectivity index (χ0v) is 10.9. The molecule has 2 heterocycles. The summed E-state index contributed by atoms with van der Waals surface area (Å²) >= 11 is 0. The Kier molecular flexibility index (Phi) is 3.26.